The number of aromatic nitrogens is 1. The lowest BCUT2D eigenvalue weighted by atomic mass is 10.1. The molecule has 1 saturated heterocycles. The van der Waals surface area contributed by atoms with Crippen LogP contribution in [-0.4, -0.2) is 37.9 Å². The molecule has 0 radical (unpaired) electrons. The smallest absolute Gasteiger partial charge is 0.230 e. The van der Waals surface area contributed by atoms with Crippen LogP contribution in [0.2, 0.25) is 0 Å². The number of carbonyl (C=O) groups excluding carboxylic acids is 1. The Labute approximate surface area is 144 Å². The van der Waals surface area contributed by atoms with Gasteiger partial charge in [-0.15, -0.1) is 11.3 Å². The number of thiazole rings is 1. The zero-order valence-corrected chi connectivity index (χ0v) is 15.0. The molecular weight excluding hydrogens is 348 g/mol. The summed E-state index contributed by atoms with van der Waals surface area (Å²) in [6, 6.07) is 7.54. The highest BCUT2D eigenvalue weighted by Gasteiger charge is 2.33. The lowest BCUT2D eigenvalue weighted by Gasteiger charge is -2.06. The first-order chi connectivity index (χ1) is 11.4. The molecule has 2 aromatic rings. The number of aryl methyl sites for hydroxylation is 1. The molecular formula is C16H18N2O4S2. The number of ether oxygens (including phenoxy) is 1. The van der Waals surface area contributed by atoms with E-state index in [0.717, 1.165) is 21.9 Å². The van der Waals surface area contributed by atoms with Gasteiger partial charge in [0.2, 0.25) is 5.91 Å². The van der Waals surface area contributed by atoms with Gasteiger partial charge in [0.25, 0.3) is 0 Å². The van der Waals surface area contributed by atoms with Crippen molar-refractivity contribution < 1.29 is 17.9 Å². The molecule has 1 N–H and O–H groups in total. The second kappa shape index (κ2) is 6.52. The molecule has 128 valence electrons. The first-order valence-corrected chi connectivity index (χ1v) is 10.1. The molecule has 1 aromatic carbocycles. The van der Waals surface area contributed by atoms with Gasteiger partial charge in [-0.05, 0) is 37.6 Å². The second-order valence-corrected chi connectivity index (χ2v) is 9.17. The Morgan fingerprint density at radius 2 is 2.04 bits per heavy atom. The van der Waals surface area contributed by atoms with Crippen molar-refractivity contribution in [1.82, 2.24) is 4.98 Å². The van der Waals surface area contributed by atoms with E-state index in [1.165, 1.54) is 11.3 Å². The van der Waals surface area contributed by atoms with E-state index in [2.05, 4.69) is 10.3 Å². The molecule has 8 heteroatoms. The molecule has 1 aliphatic heterocycles. The largest absolute Gasteiger partial charge is 0.497 e. The summed E-state index contributed by atoms with van der Waals surface area (Å²) in [5.41, 5.74) is 1.74. The number of nitrogens with zero attached hydrogens (tertiary/aromatic N) is 1. The summed E-state index contributed by atoms with van der Waals surface area (Å²) in [7, 11) is -1.46. The maximum absolute atomic E-state index is 12.2. The van der Waals surface area contributed by atoms with Crippen LogP contribution in [0.15, 0.2) is 24.3 Å². The Balaban J connectivity index is 1.75. The Morgan fingerprint density at radius 1 is 1.33 bits per heavy atom. The number of sulfone groups is 1. The van der Waals surface area contributed by atoms with Crippen LogP contribution in [0.5, 0.6) is 5.75 Å². The van der Waals surface area contributed by atoms with Gasteiger partial charge in [0, 0.05) is 10.4 Å². The second-order valence-electron chi connectivity index (χ2n) is 5.74. The van der Waals surface area contributed by atoms with Gasteiger partial charge in [0.05, 0.1) is 30.2 Å². The Kier molecular flexibility index (Phi) is 4.60. The highest BCUT2D eigenvalue weighted by molar-refractivity contribution is 7.91. The van der Waals surface area contributed by atoms with E-state index < -0.39 is 15.8 Å². The fourth-order valence-electron chi connectivity index (χ4n) is 2.68. The van der Waals surface area contributed by atoms with Crippen molar-refractivity contribution in [3.05, 3.63) is 29.1 Å². The molecule has 0 saturated carbocycles. The molecule has 3 rings (SSSR count). The summed E-state index contributed by atoms with van der Waals surface area (Å²) in [5.74, 6) is 0.0190. The van der Waals surface area contributed by atoms with Gasteiger partial charge in [0.1, 0.15) is 5.75 Å². The summed E-state index contributed by atoms with van der Waals surface area (Å²) in [4.78, 5) is 17.7. The van der Waals surface area contributed by atoms with Crippen molar-refractivity contribution in [2.24, 2.45) is 5.92 Å². The summed E-state index contributed by atoms with van der Waals surface area (Å²) >= 11 is 1.38. The number of nitrogens with one attached hydrogen (secondary N) is 1. The molecule has 0 unspecified atom stereocenters. The van der Waals surface area contributed by atoms with Gasteiger partial charge in [-0.2, -0.15) is 0 Å². The Bertz CT molecular complexity index is 857. The molecule has 1 atom stereocenters. The molecule has 1 amide bonds. The van der Waals surface area contributed by atoms with Crippen molar-refractivity contribution in [3.8, 4) is 17.0 Å². The van der Waals surface area contributed by atoms with Crippen LogP contribution in [0.3, 0.4) is 0 Å². The number of hydrogen-bond acceptors (Lipinski definition) is 6. The van der Waals surface area contributed by atoms with E-state index in [4.69, 9.17) is 4.74 Å². The standard InChI is InChI=1S/C16H18N2O4S2/c1-10-14(11-3-5-13(22-2)6-4-11)17-16(23-10)18-15(19)12-7-8-24(20,21)9-12/h3-6,12H,7-9H2,1-2H3,(H,17,18,19)/t12-/m0/s1. The lowest BCUT2D eigenvalue weighted by Crippen LogP contribution is -2.23. The van der Waals surface area contributed by atoms with Crippen molar-refractivity contribution in [2.75, 3.05) is 23.9 Å². The zero-order valence-electron chi connectivity index (χ0n) is 13.4. The molecule has 0 bridgehead atoms. The quantitative estimate of drug-likeness (QED) is 0.899. The minimum Gasteiger partial charge on any atom is -0.497 e. The van der Waals surface area contributed by atoms with E-state index >= 15 is 0 Å². The maximum atomic E-state index is 12.2. The van der Waals surface area contributed by atoms with E-state index in [0.29, 0.717) is 11.6 Å². The van der Waals surface area contributed by atoms with Crippen molar-refractivity contribution in [2.45, 2.75) is 13.3 Å². The third-order valence-electron chi connectivity index (χ3n) is 3.99. The molecule has 0 spiro atoms. The van der Waals surface area contributed by atoms with Crippen LogP contribution in [0.4, 0.5) is 5.13 Å². The van der Waals surface area contributed by atoms with Gasteiger partial charge in [-0.25, -0.2) is 13.4 Å². The fraction of sp³-hybridized carbons (Fsp3) is 0.375. The minimum absolute atomic E-state index is 0.0749. The van der Waals surface area contributed by atoms with Crippen molar-refractivity contribution in [1.29, 1.82) is 0 Å². The van der Waals surface area contributed by atoms with Gasteiger partial charge >= 0.3 is 0 Å². The van der Waals surface area contributed by atoms with Gasteiger partial charge in [-0.3, -0.25) is 4.79 Å². The van der Waals surface area contributed by atoms with Crippen LogP contribution < -0.4 is 10.1 Å². The number of anilines is 1. The Hall–Kier alpha value is -1.93. The predicted molar refractivity (Wildman–Crippen MR) is 94.2 cm³/mol. The highest BCUT2D eigenvalue weighted by atomic mass is 32.2. The van der Waals surface area contributed by atoms with E-state index in [1.54, 1.807) is 7.11 Å². The third-order valence-corrected chi connectivity index (χ3v) is 6.65. The summed E-state index contributed by atoms with van der Waals surface area (Å²) < 4.78 is 28.1. The van der Waals surface area contributed by atoms with E-state index in [1.807, 2.05) is 31.2 Å². The molecule has 1 aromatic heterocycles. The molecule has 2 heterocycles. The first-order valence-electron chi connectivity index (χ1n) is 7.51. The predicted octanol–water partition coefficient (Wildman–Crippen LogP) is 2.50. The normalized spacial score (nSPS) is 19.2. The molecule has 0 aliphatic carbocycles. The van der Waals surface area contributed by atoms with E-state index in [-0.39, 0.29) is 17.4 Å². The average molecular weight is 366 g/mol. The summed E-state index contributed by atoms with van der Waals surface area (Å²) in [6.07, 6.45) is 0.379. The molecule has 1 fully saturated rings. The number of carbonyl (C=O) groups is 1. The topological polar surface area (TPSA) is 85.4 Å². The molecule has 24 heavy (non-hydrogen) atoms. The number of benzene rings is 1. The summed E-state index contributed by atoms with van der Waals surface area (Å²) in [5, 5.41) is 3.25. The van der Waals surface area contributed by atoms with Crippen LogP contribution in [-0.2, 0) is 14.6 Å². The van der Waals surface area contributed by atoms with Crippen molar-refractivity contribution in [3.63, 3.8) is 0 Å². The van der Waals surface area contributed by atoms with Gasteiger partial charge in [0.15, 0.2) is 15.0 Å². The van der Waals surface area contributed by atoms with Crippen LogP contribution >= 0.6 is 11.3 Å². The van der Waals surface area contributed by atoms with Crippen LogP contribution in [0, 0.1) is 12.8 Å². The van der Waals surface area contributed by atoms with Crippen molar-refractivity contribution >= 4 is 32.2 Å². The fourth-order valence-corrected chi connectivity index (χ4v) is 5.26. The SMILES string of the molecule is COc1ccc(-c2nc(NC(=O)[C@H]3CCS(=O)(=O)C3)sc2C)cc1. The zero-order chi connectivity index (χ0) is 17.3. The number of hydrogen-bond donors (Lipinski definition) is 1. The van der Waals surface area contributed by atoms with Gasteiger partial charge in [-0.1, -0.05) is 0 Å². The van der Waals surface area contributed by atoms with Crippen LogP contribution in [0.1, 0.15) is 11.3 Å². The number of amides is 1. The third kappa shape index (κ3) is 3.59. The Morgan fingerprint density at radius 3 is 2.62 bits per heavy atom. The minimum atomic E-state index is -3.08. The number of rotatable bonds is 4. The van der Waals surface area contributed by atoms with Gasteiger partial charge < -0.3 is 10.1 Å². The molecule has 6 nitrogen and oxygen atoms in total. The molecule has 1 aliphatic rings. The summed E-state index contributed by atoms with van der Waals surface area (Å²) in [6.45, 7) is 1.94. The van der Waals surface area contributed by atoms with E-state index in [9.17, 15) is 13.2 Å². The highest BCUT2D eigenvalue weighted by Crippen LogP contribution is 2.32. The monoisotopic (exact) mass is 366 g/mol. The first kappa shape index (κ1) is 16.9. The maximum Gasteiger partial charge on any atom is 0.230 e. The number of methoxy groups -OCH3 is 1. The van der Waals surface area contributed by atoms with Crippen LogP contribution in [0.25, 0.3) is 11.3 Å². The average Bonchev–Trinajstić information content (AvgIpc) is 3.09. The lowest BCUT2D eigenvalue weighted by molar-refractivity contribution is -0.119.